The van der Waals surface area contributed by atoms with E-state index >= 15 is 0 Å². The Labute approximate surface area is 152 Å². The molecule has 0 heterocycles. The number of fused-ring (bicyclic) bond motifs is 1. The van der Waals surface area contributed by atoms with Crippen LogP contribution < -0.4 is 5.32 Å². The molecule has 1 amide bonds. The third-order valence-electron chi connectivity index (χ3n) is 4.45. The molecular weight excluding hydrogens is 330 g/mol. The van der Waals surface area contributed by atoms with Gasteiger partial charge in [0.1, 0.15) is 0 Å². The molecule has 3 rings (SSSR count). The number of Topliss-reactive ketones (excluding diaryl/α,β-unsaturated/α-hetero) is 1. The molecule has 0 aromatic heterocycles. The van der Waals surface area contributed by atoms with Crippen molar-refractivity contribution in [2.75, 3.05) is 5.32 Å². The maximum absolute atomic E-state index is 12.6. The van der Waals surface area contributed by atoms with E-state index in [1.165, 1.54) is 24.1 Å². The van der Waals surface area contributed by atoms with Crippen molar-refractivity contribution >= 4 is 23.3 Å². The minimum Gasteiger partial charge on any atom is -0.451 e. The number of aryl methyl sites for hydroxylation is 2. The summed E-state index contributed by atoms with van der Waals surface area (Å²) in [6.45, 7) is 2.97. The van der Waals surface area contributed by atoms with Gasteiger partial charge in [0.15, 0.2) is 6.10 Å². The summed E-state index contributed by atoms with van der Waals surface area (Å²) >= 11 is 0. The van der Waals surface area contributed by atoms with E-state index in [1.807, 2.05) is 12.1 Å². The molecular formula is C21H21NO4. The van der Waals surface area contributed by atoms with Crippen molar-refractivity contribution < 1.29 is 19.1 Å². The molecule has 5 nitrogen and oxygen atoms in total. The number of ketones is 1. The Kier molecular flexibility index (Phi) is 5.16. The number of hydrogen-bond acceptors (Lipinski definition) is 4. The topological polar surface area (TPSA) is 72.5 Å². The van der Waals surface area contributed by atoms with Crippen molar-refractivity contribution in [2.24, 2.45) is 0 Å². The van der Waals surface area contributed by atoms with E-state index in [0.29, 0.717) is 11.3 Å². The largest absolute Gasteiger partial charge is 0.451 e. The Morgan fingerprint density at radius 2 is 1.77 bits per heavy atom. The monoisotopic (exact) mass is 351 g/mol. The van der Waals surface area contributed by atoms with E-state index in [4.69, 9.17) is 4.74 Å². The fraction of sp³-hybridized carbons (Fsp3) is 0.286. The first kappa shape index (κ1) is 17.9. The molecule has 26 heavy (non-hydrogen) atoms. The van der Waals surface area contributed by atoms with Gasteiger partial charge in [-0.1, -0.05) is 18.2 Å². The summed E-state index contributed by atoms with van der Waals surface area (Å²) in [5.41, 5.74) is 3.85. The van der Waals surface area contributed by atoms with Gasteiger partial charge in [-0.15, -0.1) is 0 Å². The highest BCUT2D eigenvalue weighted by atomic mass is 16.5. The Hall–Kier alpha value is -2.95. The number of esters is 1. The number of hydrogen-bond donors (Lipinski definition) is 1. The zero-order valence-electron chi connectivity index (χ0n) is 14.9. The lowest BCUT2D eigenvalue weighted by Crippen LogP contribution is -2.24. The Bertz CT molecular complexity index is 872. The van der Waals surface area contributed by atoms with Gasteiger partial charge >= 0.3 is 5.97 Å². The lowest BCUT2D eigenvalue weighted by molar-refractivity contribution is -0.114. The van der Waals surface area contributed by atoms with Gasteiger partial charge in [-0.2, -0.15) is 0 Å². The highest BCUT2D eigenvalue weighted by Crippen LogP contribution is 2.24. The maximum atomic E-state index is 12.6. The van der Waals surface area contributed by atoms with Crippen LogP contribution in [0.3, 0.4) is 0 Å². The van der Waals surface area contributed by atoms with Crippen LogP contribution >= 0.6 is 0 Å². The molecule has 1 N–H and O–H groups in total. The fourth-order valence-electron chi connectivity index (χ4n) is 3.17. The highest BCUT2D eigenvalue weighted by molar-refractivity contribution is 6.02. The fourth-order valence-corrected chi connectivity index (χ4v) is 3.17. The third kappa shape index (κ3) is 3.99. The number of amides is 1. The number of anilines is 1. The first-order valence-corrected chi connectivity index (χ1v) is 8.68. The van der Waals surface area contributed by atoms with Crippen molar-refractivity contribution in [3.8, 4) is 0 Å². The Morgan fingerprint density at radius 1 is 1.00 bits per heavy atom. The Balaban J connectivity index is 1.69. The molecule has 1 aliphatic carbocycles. The number of rotatable bonds is 5. The van der Waals surface area contributed by atoms with E-state index in [2.05, 4.69) is 5.32 Å². The summed E-state index contributed by atoms with van der Waals surface area (Å²) in [5.74, 6) is -1.04. The van der Waals surface area contributed by atoms with Crippen LogP contribution in [0.25, 0.3) is 0 Å². The molecule has 0 saturated heterocycles. The van der Waals surface area contributed by atoms with Crippen LogP contribution in [0.15, 0.2) is 42.5 Å². The number of carbonyl (C=O) groups is 3. The van der Waals surface area contributed by atoms with Crippen LogP contribution in [0, 0.1) is 0 Å². The maximum Gasteiger partial charge on any atom is 0.338 e. The summed E-state index contributed by atoms with van der Waals surface area (Å²) in [6.07, 6.45) is 2.27. The van der Waals surface area contributed by atoms with Gasteiger partial charge in [0.05, 0.1) is 5.56 Å². The van der Waals surface area contributed by atoms with Crippen molar-refractivity contribution in [1.29, 1.82) is 0 Å². The van der Waals surface area contributed by atoms with Crippen LogP contribution in [-0.2, 0) is 22.4 Å². The lowest BCUT2D eigenvalue weighted by Gasteiger charge is -2.13. The average Bonchev–Trinajstić information content (AvgIpc) is 3.08. The molecule has 1 aliphatic rings. The van der Waals surface area contributed by atoms with Crippen molar-refractivity contribution in [1.82, 2.24) is 0 Å². The molecule has 5 heteroatoms. The van der Waals surface area contributed by atoms with E-state index < -0.39 is 12.1 Å². The number of carbonyl (C=O) groups excluding carboxylic acids is 3. The molecule has 0 unspecified atom stereocenters. The zero-order valence-corrected chi connectivity index (χ0v) is 14.9. The average molecular weight is 351 g/mol. The first-order valence-electron chi connectivity index (χ1n) is 8.68. The second-order valence-corrected chi connectivity index (χ2v) is 6.51. The van der Waals surface area contributed by atoms with Crippen LogP contribution in [-0.4, -0.2) is 23.8 Å². The SMILES string of the molecule is CC(=O)Nc1cccc(C(=O)O[C@@H](C)C(=O)c2ccc3c(c2)CCC3)c1. The van der Waals surface area contributed by atoms with Gasteiger partial charge in [-0.05, 0) is 61.6 Å². The number of benzene rings is 2. The lowest BCUT2D eigenvalue weighted by atomic mass is 10.0. The van der Waals surface area contributed by atoms with Crippen LogP contribution in [0.5, 0.6) is 0 Å². The van der Waals surface area contributed by atoms with Crippen LogP contribution in [0.2, 0.25) is 0 Å². The summed E-state index contributed by atoms with van der Waals surface area (Å²) in [5, 5.41) is 2.61. The van der Waals surface area contributed by atoms with E-state index in [-0.39, 0.29) is 17.3 Å². The third-order valence-corrected chi connectivity index (χ3v) is 4.45. The van der Waals surface area contributed by atoms with Gasteiger partial charge in [0.2, 0.25) is 11.7 Å². The molecule has 134 valence electrons. The van der Waals surface area contributed by atoms with E-state index in [1.54, 1.807) is 31.2 Å². The van der Waals surface area contributed by atoms with Crippen molar-refractivity contribution in [3.05, 3.63) is 64.7 Å². The van der Waals surface area contributed by atoms with Crippen molar-refractivity contribution in [2.45, 2.75) is 39.2 Å². The zero-order chi connectivity index (χ0) is 18.7. The molecule has 0 bridgehead atoms. The minimum absolute atomic E-state index is 0.217. The molecule has 0 spiro atoms. The van der Waals surface area contributed by atoms with Gasteiger partial charge < -0.3 is 10.1 Å². The molecule has 1 atom stereocenters. The van der Waals surface area contributed by atoms with Crippen LogP contribution in [0.1, 0.15) is 52.1 Å². The van der Waals surface area contributed by atoms with Gasteiger partial charge in [-0.3, -0.25) is 9.59 Å². The second-order valence-electron chi connectivity index (χ2n) is 6.51. The second kappa shape index (κ2) is 7.52. The quantitative estimate of drug-likeness (QED) is 0.660. The Morgan fingerprint density at radius 3 is 2.54 bits per heavy atom. The first-order chi connectivity index (χ1) is 12.4. The molecule has 2 aromatic carbocycles. The van der Waals surface area contributed by atoms with E-state index in [0.717, 1.165) is 19.3 Å². The summed E-state index contributed by atoms with van der Waals surface area (Å²) < 4.78 is 5.33. The standard InChI is InChI=1S/C21H21NO4/c1-13(20(24)17-10-9-15-5-3-6-16(15)11-17)26-21(25)18-7-4-8-19(12-18)22-14(2)23/h4,7-13H,3,5-6H2,1-2H3,(H,22,23)/t13-/m0/s1. The van der Waals surface area contributed by atoms with Crippen LogP contribution in [0.4, 0.5) is 5.69 Å². The molecule has 2 aromatic rings. The highest BCUT2D eigenvalue weighted by Gasteiger charge is 2.22. The smallest absolute Gasteiger partial charge is 0.338 e. The normalized spacial score (nSPS) is 13.6. The molecule has 0 fully saturated rings. The summed E-state index contributed by atoms with van der Waals surface area (Å²) in [6, 6.07) is 12.1. The minimum atomic E-state index is -0.883. The molecule has 0 aliphatic heterocycles. The number of nitrogens with one attached hydrogen (secondary N) is 1. The summed E-state index contributed by atoms with van der Waals surface area (Å²) in [7, 11) is 0. The molecule has 0 saturated carbocycles. The van der Waals surface area contributed by atoms with Gasteiger partial charge in [0, 0.05) is 18.2 Å². The van der Waals surface area contributed by atoms with Gasteiger partial charge in [-0.25, -0.2) is 4.79 Å². The predicted molar refractivity (Wildman–Crippen MR) is 98.4 cm³/mol. The number of ether oxygens (including phenoxy) is 1. The van der Waals surface area contributed by atoms with Crippen molar-refractivity contribution in [3.63, 3.8) is 0 Å². The van der Waals surface area contributed by atoms with Gasteiger partial charge in [0.25, 0.3) is 0 Å². The molecule has 0 radical (unpaired) electrons. The van der Waals surface area contributed by atoms with E-state index in [9.17, 15) is 14.4 Å². The predicted octanol–water partition coefficient (Wildman–Crippen LogP) is 3.56. The summed E-state index contributed by atoms with van der Waals surface area (Å²) in [4.78, 5) is 36.0.